The quantitative estimate of drug-likeness (QED) is 0.880. The molecule has 1 atom stereocenters. The van der Waals surface area contributed by atoms with Crippen molar-refractivity contribution in [3.8, 4) is 5.75 Å². The Balaban J connectivity index is 1.61. The molecule has 3 rings (SSSR count). The normalized spacial score (nSPS) is 14.1. The number of fused-ring (bicyclic) bond motifs is 1. The fourth-order valence-corrected chi connectivity index (χ4v) is 2.69. The van der Waals surface area contributed by atoms with Gasteiger partial charge < -0.3 is 15.2 Å². The van der Waals surface area contributed by atoms with Crippen LogP contribution in [0.4, 0.5) is 0 Å². The fourth-order valence-electron chi connectivity index (χ4n) is 2.42. The largest absolute Gasteiger partial charge is 0.493 e. The van der Waals surface area contributed by atoms with E-state index in [2.05, 4.69) is 21.2 Å². The van der Waals surface area contributed by atoms with Gasteiger partial charge in [0.1, 0.15) is 5.75 Å². The molecular formula is C17H16BrNO3. The summed E-state index contributed by atoms with van der Waals surface area (Å²) in [6.07, 6.45) is 0.131. The molecule has 0 radical (unpaired) electrons. The molecule has 2 N–H and O–H groups in total. The zero-order chi connectivity index (χ0) is 15.5. The maximum absolute atomic E-state index is 12.0. The second-order valence-electron chi connectivity index (χ2n) is 5.20. The van der Waals surface area contributed by atoms with Crippen LogP contribution in [0, 0.1) is 0 Å². The summed E-state index contributed by atoms with van der Waals surface area (Å²) >= 11 is 3.33. The van der Waals surface area contributed by atoms with Crippen LogP contribution in [-0.2, 0) is 6.42 Å². The Morgan fingerprint density at radius 3 is 2.82 bits per heavy atom. The van der Waals surface area contributed by atoms with Crippen LogP contribution in [0.1, 0.15) is 27.6 Å². The molecule has 0 saturated carbocycles. The molecule has 4 nitrogen and oxygen atoms in total. The van der Waals surface area contributed by atoms with E-state index in [-0.39, 0.29) is 12.5 Å². The van der Waals surface area contributed by atoms with Crippen molar-refractivity contribution in [2.75, 3.05) is 13.2 Å². The molecule has 114 valence electrons. The maximum atomic E-state index is 12.0. The number of aliphatic hydroxyl groups is 1. The molecule has 0 aromatic heterocycles. The number of carbonyl (C=O) groups is 1. The third kappa shape index (κ3) is 3.31. The molecule has 0 saturated heterocycles. The van der Waals surface area contributed by atoms with E-state index in [1.54, 1.807) is 12.1 Å². The lowest BCUT2D eigenvalue weighted by molar-refractivity contribution is 0.0916. The SMILES string of the molecule is O=C(NCC(O)c1ccc2c(c1)CCO2)c1ccc(Br)cc1. The molecule has 22 heavy (non-hydrogen) atoms. The topological polar surface area (TPSA) is 58.6 Å². The highest BCUT2D eigenvalue weighted by atomic mass is 79.9. The summed E-state index contributed by atoms with van der Waals surface area (Å²) in [6.45, 7) is 0.865. The minimum absolute atomic E-state index is 0.175. The predicted octanol–water partition coefficient (Wildman–Crippen LogP) is 2.85. The monoisotopic (exact) mass is 361 g/mol. The summed E-state index contributed by atoms with van der Waals surface area (Å²) < 4.78 is 6.36. The highest BCUT2D eigenvalue weighted by Gasteiger charge is 2.16. The zero-order valence-corrected chi connectivity index (χ0v) is 13.5. The van der Waals surface area contributed by atoms with E-state index in [1.807, 2.05) is 30.3 Å². The molecule has 1 unspecified atom stereocenters. The maximum Gasteiger partial charge on any atom is 0.251 e. The van der Waals surface area contributed by atoms with Crippen molar-refractivity contribution >= 4 is 21.8 Å². The van der Waals surface area contributed by atoms with E-state index in [1.165, 1.54) is 0 Å². The van der Waals surface area contributed by atoms with E-state index < -0.39 is 6.10 Å². The molecule has 0 bridgehead atoms. The van der Waals surface area contributed by atoms with Crippen LogP contribution < -0.4 is 10.1 Å². The van der Waals surface area contributed by atoms with Gasteiger partial charge in [0.25, 0.3) is 5.91 Å². The molecule has 1 heterocycles. The highest BCUT2D eigenvalue weighted by molar-refractivity contribution is 9.10. The number of halogens is 1. The first-order chi connectivity index (χ1) is 10.6. The molecule has 0 spiro atoms. The lowest BCUT2D eigenvalue weighted by atomic mass is 10.0. The predicted molar refractivity (Wildman–Crippen MR) is 87.1 cm³/mol. The van der Waals surface area contributed by atoms with Gasteiger partial charge in [0, 0.05) is 23.0 Å². The molecule has 1 amide bonds. The smallest absolute Gasteiger partial charge is 0.251 e. The van der Waals surface area contributed by atoms with Crippen LogP contribution in [0.2, 0.25) is 0 Å². The third-order valence-corrected chi connectivity index (χ3v) is 4.19. The van der Waals surface area contributed by atoms with Gasteiger partial charge in [-0.05, 0) is 47.5 Å². The first-order valence-electron chi connectivity index (χ1n) is 7.11. The Labute approximate surface area is 137 Å². The first kappa shape index (κ1) is 15.1. The number of hydrogen-bond donors (Lipinski definition) is 2. The van der Waals surface area contributed by atoms with Crippen LogP contribution >= 0.6 is 15.9 Å². The molecule has 2 aromatic rings. The summed E-state index contributed by atoms with van der Waals surface area (Å²) in [6, 6.07) is 12.7. The minimum Gasteiger partial charge on any atom is -0.493 e. The summed E-state index contributed by atoms with van der Waals surface area (Å²) in [5.41, 5.74) is 2.47. The number of carbonyl (C=O) groups excluding carboxylic acids is 1. The Kier molecular flexibility index (Phi) is 4.45. The Morgan fingerprint density at radius 1 is 1.27 bits per heavy atom. The standard InChI is InChI=1S/C17H16BrNO3/c18-14-4-1-11(2-5-14)17(21)19-10-15(20)12-3-6-16-13(9-12)7-8-22-16/h1-6,9,15,20H,7-8,10H2,(H,19,21). The average molecular weight is 362 g/mol. The minimum atomic E-state index is -0.731. The van der Waals surface area contributed by atoms with Crippen molar-refractivity contribution in [3.05, 3.63) is 63.6 Å². The highest BCUT2D eigenvalue weighted by Crippen LogP contribution is 2.28. The van der Waals surface area contributed by atoms with Gasteiger partial charge in [-0.3, -0.25) is 4.79 Å². The Bertz CT molecular complexity index is 685. The van der Waals surface area contributed by atoms with Gasteiger partial charge in [-0.1, -0.05) is 22.0 Å². The van der Waals surface area contributed by atoms with E-state index >= 15 is 0 Å². The van der Waals surface area contributed by atoms with Gasteiger partial charge in [-0.15, -0.1) is 0 Å². The summed E-state index contributed by atoms with van der Waals surface area (Å²) in [5.74, 6) is 0.686. The average Bonchev–Trinajstić information content (AvgIpc) is 3.00. The molecule has 1 aliphatic rings. The number of nitrogens with one attached hydrogen (secondary N) is 1. The van der Waals surface area contributed by atoms with Crippen molar-refractivity contribution in [3.63, 3.8) is 0 Å². The van der Waals surface area contributed by atoms with Crippen molar-refractivity contribution < 1.29 is 14.6 Å². The van der Waals surface area contributed by atoms with Gasteiger partial charge in [0.05, 0.1) is 12.7 Å². The van der Waals surface area contributed by atoms with E-state index in [0.717, 1.165) is 27.8 Å². The van der Waals surface area contributed by atoms with Crippen LogP contribution in [0.15, 0.2) is 46.9 Å². The van der Waals surface area contributed by atoms with Crippen LogP contribution in [-0.4, -0.2) is 24.2 Å². The van der Waals surface area contributed by atoms with E-state index in [0.29, 0.717) is 12.2 Å². The number of hydrogen-bond acceptors (Lipinski definition) is 3. The van der Waals surface area contributed by atoms with Crippen LogP contribution in [0.3, 0.4) is 0 Å². The Morgan fingerprint density at radius 2 is 2.05 bits per heavy atom. The van der Waals surface area contributed by atoms with Crippen molar-refractivity contribution in [1.82, 2.24) is 5.32 Å². The van der Waals surface area contributed by atoms with Gasteiger partial charge in [0.15, 0.2) is 0 Å². The molecule has 1 aliphatic heterocycles. The summed E-state index contributed by atoms with van der Waals surface area (Å²) in [7, 11) is 0. The fraction of sp³-hybridized carbons (Fsp3) is 0.235. The summed E-state index contributed by atoms with van der Waals surface area (Å²) in [5, 5.41) is 13.0. The van der Waals surface area contributed by atoms with Crippen LogP contribution in [0.5, 0.6) is 5.75 Å². The van der Waals surface area contributed by atoms with Crippen molar-refractivity contribution in [2.45, 2.75) is 12.5 Å². The molecule has 0 aliphatic carbocycles. The van der Waals surface area contributed by atoms with Gasteiger partial charge in [-0.2, -0.15) is 0 Å². The van der Waals surface area contributed by atoms with Gasteiger partial charge in [0.2, 0.25) is 0 Å². The first-order valence-corrected chi connectivity index (χ1v) is 7.90. The number of rotatable bonds is 4. The second kappa shape index (κ2) is 6.50. The number of ether oxygens (including phenoxy) is 1. The van der Waals surface area contributed by atoms with Crippen molar-refractivity contribution in [2.24, 2.45) is 0 Å². The molecule has 5 heteroatoms. The van der Waals surface area contributed by atoms with Crippen molar-refractivity contribution in [1.29, 1.82) is 0 Å². The zero-order valence-electron chi connectivity index (χ0n) is 11.9. The van der Waals surface area contributed by atoms with Gasteiger partial charge in [-0.25, -0.2) is 0 Å². The number of benzene rings is 2. The van der Waals surface area contributed by atoms with Gasteiger partial charge >= 0.3 is 0 Å². The lowest BCUT2D eigenvalue weighted by Gasteiger charge is -2.13. The lowest BCUT2D eigenvalue weighted by Crippen LogP contribution is -2.28. The third-order valence-electron chi connectivity index (χ3n) is 3.66. The van der Waals surface area contributed by atoms with E-state index in [9.17, 15) is 9.90 Å². The molecule has 0 fully saturated rings. The number of amides is 1. The molecular weight excluding hydrogens is 346 g/mol. The molecule has 2 aromatic carbocycles. The second-order valence-corrected chi connectivity index (χ2v) is 6.11. The summed E-state index contributed by atoms with van der Waals surface area (Å²) in [4.78, 5) is 12.0. The van der Waals surface area contributed by atoms with E-state index in [4.69, 9.17) is 4.74 Å². The van der Waals surface area contributed by atoms with Crippen LogP contribution in [0.25, 0.3) is 0 Å². The Hall–Kier alpha value is -1.85. The number of aliphatic hydroxyl groups excluding tert-OH is 1.